The molecular formula is C14H15Cl2NO3. The predicted octanol–water partition coefficient (Wildman–Crippen LogP) is 2.97. The fraction of sp³-hybridized carbons (Fsp3) is 0.500. The Hall–Kier alpha value is -0.810. The van der Waals surface area contributed by atoms with Gasteiger partial charge in [-0.05, 0) is 12.1 Å². The molecule has 108 valence electrons. The molecule has 0 saturated carbocycles. The van der Waals surface area contributed by atoms with E-state index in [1.807, 2.05) is 0 Å². The van der Waals surface area contributed by atoms with E-state index in [0.717, 1.165) is 0 Å². The molecule has 0 radical (unpaired) electrons. The van der Waals surface area contributed by atoms with Gasteiger partial charge in [-0.3, -0.25) is 4.79 Å². The van der Waals surface area contributed by atoms with Gasteiger partial charge in [0.05, 0.1) is 28.8 Å². The largest absolute Gasteiger partial charge is 0.347 e. The van der Waals surface area contributed by atoms with Crippen LogP contribution in [0.2, 0.25) is 10.0 Å². The second-order valence-electron chi connectivity index (χ2n) is 5.00. The van der Waals surface area contributed by atoms with E-state index in [1.54, 1.807) is 23.1 Å². The van der Waals surface area contributed by atoms with Gasteiger partial charge in [0.1, 0.15) is 0 Å². The zero-order valence-corrected chi connectivity index (χ0v) is 12.4. The molecule has 1 spiro atoms. The SMILES string of the molecule is O=C(c1cccc(Cl)c1Cl)N1CCC2(CC1)OCCO2. The molecule has 4 nitrogen and oxygen atoms in total. The molecule has 0 bridgehead atoms. The molecule has 2 aliphatic heterocycles. The van der Waals surface area contributed by atoms with Crippen molar-refractivity contribution >= 4 is 29.1 Å². The van der Waals surface area contributed by atoms with Gasteiger partial charge in [-0.2, -0.15) is 0 Å². The summed E-state index contributed by atoms with van der Waals surface area (Å²) in [7, 11) is 0. The average molecular weight is 316 g/mol. The molecule has 2 heterocycles. The fourth-order valence-electron chi connectivity index (χ4n) is 2.68. The molecule has 1 aromatic rings. The maximum absolute atomic E-state index is 12.5. The number of halogens is 2. The molecule has 6 heteroatoms. The van der Waals surface area contributed by atoms with Crippen LogP contribution < -0.4 is 0 Å². The van der Waals surface area contributed by atoms with Crippen LogP contribution in [0.25, 0.3) is 0 Å². The van der Waals surface area contributed by atoms with Gasteiger partial charge in [0.25, 0.3) is 5.91 Å². The van der Waals surface area contributed by atoms with Gasteiger partial charge in [0.15, 0.2) is 5.79 Å². The minimum Gasteiger partial charge on any atom is -0.347 e. The van der Waals surface area contributed by atoms with Crippen molar-refractivity contribution in [1.29, 1.82) is 0 Å². The maximum atomic E-state index is 12.5. The van der Waals surface area contributed by atoms with Crippen LogP contribution in [-0.4, -0.2) is 42.9 Å². The lowest BCUT2D eigenvalue weighted by molar-refractivity contribution is -0.181. The highest BCUT2D eigenvalue weighted by atomic mass is 35.5. The standard InChI is InChI=1S/C14H15Cl2NO3/c15-11-3-1-2-10(12(11)16)13(18)17-6-4-14(5-7-17)19-8-9-20-14/h1-3H,4-9H2. The first kappa shape index (κ1) is 14.1. The highest BCUT2D eigenvalue weighted by Gasteiger charge is 2.41. The van der Waals surface area contributed by atoms with Gasteiger partial charge in [0.2, 0.25) is 0 Å². The summed E-state index contributed by atoms with van der Waals surface area (Å²) in [6.07, 6.45) is 1.38. The van der Waals surface area contributed by atoms with E-state index in [9.17, 15) is 4.79 Å². The summed E-state index contributed by atoms with van der Waals surface area (Å²) in [6.45, 7) is 2.46. The number of hydrogen-bond acceptors (Lipinski definition) is 3. The summed E-state index contributed by atoms with van der Waals surface area (Å²) in [6, 6.07) is 5.10. The van der Waals surface area contributed by atoms with Crippen molar-refractivity contribution in [3.63, 3.8) is 0 Å². The van der Waals surface area contributed by atoms with Crippen molar-refractivity contribution in [2.75, 3.05) is 26.3 Å². The fourth-order valence-corrected chi connectivity index (χ4v) is 3.06. The molecule has 20 heavy (non-hydrogen) atoms. The number of ether oxygens (including phenoxy) is 2. The van der Waals surface area contributed by atoms with Crippen LogP contribution in [0.15, 0.2) is 18.2 Å². The zero-order valence-electron chi connectivity index (χ0n) is 10.9. The van der Waals surface area contributed by atoms with E-state index in [0.29, 0.717) is 54.8 Å². The highest BCUT2D eigenvalue weighted by molar-refractivity contribution is 6.43. The van der Waals surface area contributed by atoms with E-state index < -0.39 is 5.79 Å². The van der Waals surface area contributed by atoms with E-state index in [2.05, 4.69) is 0 Å². The first-order valence-electron chi connectivity index (χ1n) is 6.62. The summed E-state index contributed by atoms with van der Waals surface area (Å²) in [4.78, 5) is 14.2. The van der Waals surface area contributed by atoms with E-state index in [4.69, 9.17) is 32.7 Å². The van der Waals surface area contributed by atoms with Crippen LogP contribution in [0.5, 0.6) is 0 Å². The van der Waals surface area contributed by atoms with E-state index in [1.165, 1.54) is 0 Å². The third-order valence-electron chi connectivity index (χ3n) is 3.81. The number of hydrogen-bond donors (Lipinski definition) is 0. The molecule has 0 aromatic heterocycles. The summed E-state index contributed by atoms with van der Waals surface area (Å²) in [5.41, 5.74) is 0.448. The molecule has 0 unspecified atom stereocenters. The van der Waals surface area contributed by atoms with Crippen LogP contribution in [-0.2, 0) is 9.47 Å². The number of carbonyl (C=O) groups excluding carboxylic acids is 1. The molecule has 2 fully saturated rings. The lowest BCUT2D eigenvalue weighted by Gasteiger charge is -2.37. The zero-order chi connectivity index (χ0) is 14.2. The third kappa shape index (κ3) is 2.53. The lowest BCUT2D eigenvalue weighted by Crippen LogP contribution is -2.47. The van der Waals surface area contributed by atoms with Gasteiger partial charge < -0.3 is 14.4 Å². The lowest BCUT2D eigenvalue weighted by atomic mass is 10.0. The van der Waals surface area contributed by atoms with E-state index in [-0.39, 0.29) is 5.91 Å². The molecule has 0 atom stereocenters. The summed E-state index contributed by atoms with van der Waals surface area (Å²) in [5, 5.41) is 0.710. The van der Waals surface area contributed by atoms with Crippen LogP contribution in [0.1, 0.15) is 23.2 Å². The van der Waals surface area contributed by atoms with Crippen molar-refractivity contribution in [1.82, 2.24) is 4.90 Å². The second-order valence-corrected chi connectivity index (χ2v) is 5.79. The van der Waals surface area contributed by atoms with Crippen molar-refractivity contribution in [2.24, 2.45) is 0 Å². The van der Waals surface area contributed by atoms with Crippen molar-refractivity contribution in [2.45, 2.75) is 18.6 Å². The molecule has 3 rings (SSSR count). The van der Waals surface area contributed by atoms with E-state index >= 15 is 0 Å². The van der Waals surface area contributed by atoms with Crippen LogP contribution in [0, 0.1) is 0 Å². The van der Waals surface area contributed by atoms with Crippen LogP contribution in [0.3, 0.4) is 0 Å². The van der Waals surface area contributed by atoms with Gasteiger partial charge in [-0.25, -0.2) is 0 Å². The molecule has 0 N–H and O–H groups in total. The summed E-state index contributed by atoms with van der Waals surface area (Å²) >= 11 is 12.1. The number of amides is 1. The Bertz CT molecular complexity index is 519. The number of nitrogens with zero attached hydrogens (tertiary/aromatic N) is 1. The van der Waals surface area contributed by atoms with Crippen molar-refractivity contribution in [3.8, 4) is 0 Å². The van der Waals surface area contributed by atoms with Crippen LogP contribution >= 0.6 is 23.2 Å². The number of benzene rings is 1. The minimum absolute atomic E-state index is 0.0923. The summed E-state index contributed by atoms with van der Waals surface area (Å²) in [5.74, 6) is -0.570. The maximum Gasteiger partial charge on any atom is 0.255 e. The number of likely N-dealkylation sites (tertiary alicyclic amines) is 1. The highest BCUT2D eigenvalue weighted by Crippen LogP contribution is 2.33. The van der Waals surface area contributed by atoms with Gasteiger partial charge >= 0.3 is 0 Å². The quantitative estimate of drug-likeness (QED) is 0.799. The van der Waals surface area contributed by atoms with Crippen molar-refractivity contribution in [3.05, 3.63) is 33.8 Å². The molecule has 0 aliphatic carbocycles. The van der Waals surface area contributed by atoms with Crippen molar-refractivity contribution < 1.29 is 14.3 Å². The Kier molecular flexibility index (Phi) is 3.91. The molecule has 2 saturated heterocycles. The molecule has 1 amide bonds. The smallest absolute Gasteiger partial charge is 0.255 e. The Labute approximate surface area is 127 Å². The summed E-state index contributed by atoms with van der Waals surface area (Å²) < 4.78 is 11.3. The monoisotopic (exact) mass is 315 g/mol. The van der Waals surface area contributed by atoms with Gasteiger partial charge in [-0.1, -0.05) is 29.3 Å². The number of piperidine rings is 1. The first-order valence-corrected chi connectivity index (χ1v) is 7.38. The molecular weight excluding hydrogens is 301 g/mol. The molecule has 2 aliphatic rings. The molecule has 1 aromatic carbocycles. The Morgan fingerprint density at radius 3 is 2.45 bits per heavy atom. The minimum atomic E-state index is -0.477. The third-order valence-corrected chi connectivity index (χ3v) is 4.63. The number of carbonyl (C=O) groups is 1. The average Bonchev–Trinajstić information content (AvgIpc) is 2.90. The van der Waals surface area contributed by atoms with Gasteiger partial charge in [-0.15, -0.1) is 0 Å². The Balaban J connectivity index is 1.71. The predicted molar refractivity (Wildman–Crippen MR) is 76.2 cm³/mol. The normalized spacial score (nSPS) is 21.4. The number of rotatable bonds is 1. The Morgan fingerprint density at radius 1 is 1.15 bits per heavy atom. The first-order chi connectivity index (χ1) is 9.61. The topological polar surface area (TPSA) is 38.8 Å². The van der Waals surface area contributed by atoms with Crippen LogP contribution in [0.4, 0.5) is 0 Å². The Morgan fingerprint density at radius 2 is 1.80 bits per heavy atom. The second kappa shape index (κ2) is 5.53. The van der Waals surface area contributed by atoms with Gasteiger partial charge in [0, 0.05) is 25.9 Å².